The first-order valence-electron chi connectivity index (χ1n) is 17.5. The van der Waals surface area contributed by atoms with Gasteiger partial charge in [0.15, 0.2) is 5.84 Å². The first-order valence-corrected chi connectivity index (χ1v) is 17.5. The molecule has 0 fully saturated rings. The molecular formula is C47H29N3O2. The summed E-state index contributed by atoms with van der Waals surface area (Å²) in [5.74, 6) is 1.41. The molecule has 1 aliphatic heterocycles. The van der Waals surface area contributed by atoms with Gasteiger partial charge < -0.3 is 14.2 Å². The van der Waals surface area contributed by atoms with E-state index in [4.69, 9.17) is 18.8 Å². The molecule has 2 aromatic heterocycles. The monoisotopic (exact) mass is 667 g/mol. The molecule has 10 aromatic rings. The zero-order valence-corrected chi connectivity index (χ0v) is 27.9. The fourth-order valence-corrected chi connectivity index (χ4v) is 7.86. The molecule has 5 nitrogen and oxygen atoms in total. The highest BCUT2D eigenvalue weighted by Gasteiger charge is 2.27. The minimum atomic E-state index is -0.389. The van der Waals surface area contributed by atoms with Crippen molar-refractivity contribution < 1.29 is 8.83 Å². The van der Waals surface area contributed by atoms with Crippen molar-refractivity contribution in [2.75, 3.05) is 0 Å². The maximum atomic E-state index is 6.46. The van der Waals surface area contributed by atoms with E-state index in [0.29, 0.717) is 5.84 Å². The van der Waals surface area contributed by atoms with Gasteiger partial charge in [-0.1, -0.05) is 121 Å². The lowest BCUT2D eigenvalue weighted by molar-refractivity contribution is 0.668. The summed E-state index contributed by atoms with van der Waals surface area (Å²) < 4.78 is 12.7. The number of amidine groups is 2. The Morgan fingerprint density at radius 1 is 0.462 bits per heavy atom. The highest BCUT2D eigenvalue weighted by molar-refractivity contribution is 6.25. The molecule has 1 aliphatic rings. The van der Waals surface area contributed by atoms with E-state index in [-0.39, 0.29) is 6.17 Å². The molecule has 0 spiro atoms. The maximum absolute atomic E-state index is 6.46. The molecule has 5 heteroatoms. The summed E-state index contributed by atoms with van der Waals surface area (Å²) in [5, 5.41) is 12.7. The van der Waals surface area contributed by atoms with Crippen LogP contribution in [0.1, 0.15) is 22.9 Å². The van der Waals surface area contributed by atoms with Gasteiger partial charge in [-0.2, -0.15) is 0 Å². The lowest BCUT2D eigenvalue weighted by Gasteiger charge is -2.25. The summed E-state index contributed by atoms with van der Waals surface area (Å²) in [7, 11) is 0. The maximum Gasteiger partial charge on any atom is 0.160 e. The van der Waals surface area contributed by atoms with E-state index in [9.17, 15) is 0 Å². The Labute approximate surface area is 298 Å². The van der Waals surface area contributed by atoms with Crippen LogP contribution in [0.4, 0.5) is 0 Å². The molecule has 11 rings (SSSR count). The molecule has 1 atom stereocenters. The molecule has 0 saturated carbocycles. The van der Waals surface area contributed by atoms with Crippen molar-refractivity contribution in [1.29, 1.82) is 0 Å². The third-order valence-corrected chi connectivity index (χ3v) is 10.3. The lowest BCUT2D eigenvalue weighted by Crippen LogP contribution is -2.33. The highest BCUT2D eigenvalue weighted by atomic mass is 16.3. The van der Waals surface area contributed by atoms with Gasteiger partial charge in [-0.3, -0.25) is 0 Å². The van der Waals surface area contributed by atoms with Gasteiger partial charge in [0.2, 0.25) is 0 Å². The second kappa shape index (κ2) is 11.3. The predicted octanol–water partition coefficient (Wildman–Crippen LogP) is 12.0. The summed E-state index contributed by atoms with van der Waals surface area (Å²) in [6, 6.07) is 56.9. The third kappa shape index (κ3) is 4.49. The number of rotatable bonds is 4. The van der Waals surface area contributed by atoms with E-state index >= 15 is 0 Å². The van der Waals surface area contributed by atoms with Gasteiger partial charge in [0.1, 0.15) is 34.3 Å². The fraction of sp³-hybridized carbons (Fsp3) is 0.0213. The Kier molecular flexibility index (Phi) is 6.25. The number of para-hydroxylation sites is 2. The predicted molar refractivity (Wildman–Crippen MR) is 213 cm³/mol. The Morgan fingerprint density at radius 3 is 2.02 bits per heavy atom. The fourth-order valence-electron chi connectivity index (χ4n) is 7.86. The van der Waals surface area contributed by atoms with Crippen LogP contribution in [0.2, 0.25) is 0 Å². The summed E-state index contributed by atoms with van der Waals surface area (Å²) in [5.41, 5.74) is 8.39. The molecule has 1 N–H and O–H groups in total. The van der Waals surface area contributed by atoms with E-state index in [1.807, 2.05) is 42.5 Å². The SMILES string of the molecule is c1ccc(C2=NC(c3c(-c4ccc5oc6ccccc6c5c4)ccc4oc5ccccc5c34)=NC(c3ccc4c(ccc5ccccc54)c3)N2)cc1. The van der Waals surface area contributed by atoms with E-state index in [2.05, 4.69) is 127 Å². The van der Waals surface area contributed by atoms with E-state index in [1.165, 1.54) is 21.5 Å². The van der Waals surface area contributed by atoms with E-state index < -0.39 is 0 Å². The molecule has 0 radical (unpaired) electrons. The molecule has 0 amide bonds. The van der Waals surface area contributed by atoms with Crippen molar-refractivity contribution in [2.45, 2.75) is 6.17 Å². The van der Waals surface area contributed by atoms with E-state index in [1.54, 1.807) is 0 Å². The van der Waals surface area contributed by atoms with Crippen LogP contribution < -0.4 is 5.32 Å². The number of benzene rings is 8. The standard InChI is InChI=1S/C47H29N3O2/c1-2-11-29(12-3-1)45-48-46(32-20-22-34-30(26-32)19-18-28-10-4-5-13-33(28)34)50-47(49-45)44-35(23-25-42-43(44)37-15-7-9-17-40(37)52-42)31-21-24-41-38(27-31)36-14-6-8-16-39(36)51-41/h1-27,46H,(H,48,49,50). The van der Waals surface area contributed by atoms with Crippen LogP contribution in [0.5, 0.6) is 0 Å². The number of furan rings is 2. The van der Waals surface area contributed by atoms with Crippen molar-refractivity contribution in [1.82, 2.24) is 5.32 Å². The van der Waals surface area contributed by atoms with Gasteiger partial charge in [0.25, 0.3) is 0 Å². The quantitative estimate of drug-likeness (QED) is 0.190. The first-order chi connectivity index (χ1) is 25.7. The summed E-state index contributed by atoms with van der Waals surface area (Å²) >= 11 is 0. The second-order valence-electron chi connectivity index (χ2n) is 13.4. The van der Waals surface area contributed by atoms with Gasteiger partial charge in [-0.05, 0) is 80.7 Å². The molecule has 52 heavy (non-hydrogen) atoms. The van der Waals surface area contributed by atoms with Crippen molar-refractivity contribution in [3.05, 3.63) is 180 Å². The smallest absolute Gasteiger partial charge is 0.160 e. The number of fused-ring (bicyclic) bond motifs is 9. The van der Waals surface area contributed by atoms with Crippen molar-refractivity contribution in [2.24, 2.45) is 9.98 Å². The van der Waals surface area contributed by atoms with E-state index in [0.717, 1.165) is 77.5 Å². The van der Waals surface area contributed by atoms with Crippen LogP contribution in [0.3, 0.4) is 0 Å². The molecule has 3 heterocycles. The Morgan fingerprint density at radius 2 is 1.13 bits per heavy atom. The van der Waals surface area contributed by atoms with Gasteiger partial charge in [-0.15, -0.1) is 0 Å². The van der Waals surface area contributed by atoms with Gasteiger partial charge in [0, 0.05) is 32.7 Å². The Balaban J connectivity index is 1.17. The van der Waals surface area contributed by atoms with Crippen molar-refractivity contribution >= 4 is 77.1 Å². The number of hydrogen-bond donors (Lipinski definition) is 1. The number of aliphatic imine (C=N–C) groups is 2. The molecule has 1 unspecified atom stereocenters. The molecule has 0 saturated heterocycles. The normalized spacial score (nSPS) is 14.7. The van der Waals surface area contributed by atoms with Gasteiger partial charge in [0.05, 0.1) is 0 Å². The van der Waals surface area contributed by atoms with Crippen LogP contribution in [0.25, 0.3) is 76.5 Å². The first kappa shape index (κ1) is 28.8. The summed E-state index contributed by atoms with van der Waals surface area (Å²) in [6.45, 7) is 0. The zero-order valence-electron chi connectivity index (χ0n) is 27.9. The average molecular weight is 668 g/mol. The topological polar surface area (TPSA) is 63.0 Å². The average Bonchev–Trinajstić information content (AvgIpc) is 3.78. The molecule has 0 bridgehead atoms. The Bertz CT molecular complexity index is 3110. The van der Waals surface area contributed by atoms with Crippen molar-refractivity contribution in [3.8, 4) is 11.1 Å². The van der Waals surface area contributed by atoms with Crippen LogP contribution in [0.15, 0.2) is 183 Å². The second-order valence-corrected chi connectivity index (χ2v) is 13.4. The van der Waals surface area contributed by atoms with Crippen molar-refractivity contribution in [3.63, 3.8) is 0 Å². The van der Waals surface area contributed by atoms with Crippen LogP contribution >= 0.6 is 0 Å². The third-order valence-electron chi connectivity index (χ3n) is 10.3. The van der Waals surface area contributed by atoms with Gasteiger partial charge in [-0.25, -0.2) is 9.98 Å². The Hall–Kier alpha value is -6.98. The largest absolute Gasteiger partial charge is 0.456 e. The number of hydrogen-bond acceptors (Lipinski definition) is 5. The van der Waals surface area contributed by atoms with Crippen LogP contribution in [-0.2, 0) is 0 Å². The summed E-state index contributed by atoms with van der Waals surface area (Å²) in [6.07, 6.45) is -0.389. The lowest BCUT2D eigenvalue weighted by atomic mass is 9.93. The molecular weight excluding hydrogens is 639 g/mol. The van der Waals surface area contributed by atoms with Crippen LogP contribution in [0, 0.1) is 0 Å². The molecule has 244 valence electrons. The van der Waals surface area contributed by atoms with Gasteiger partial charge >= 0.3 is 0 Å². The summed E-state index contributed by atoms with van der Waals surface area (Å²) in [4.78, 5) is 10.8. The number of nitrogens with zero attached hydrogens (tertiary/aromatic N) is 2. The minimum Gasteiger partial charge on any atom is -0.456 e. The van der Waals surface area contributed by atoms with Crippen LogP contribution in [-0.4, -0.2) is 11.7 Å². The highest BCUT2D eigenvalue weighted by Crippen LogP contribution is 2.41. The molecule has 8 aromatic carbocycles. The number of nitrogens with one attached hydrogen (secondary N) is 1. The minimum absolute atomic E-state index is 0.389. The molecule has 0 aliphatic carbocycles. The zero-order chi connectivity index (χ0) is 34.2.